The monoisotopic (exact) mass is 369 g/mol. The summed E-state index contributed by atoms with van der Waals surface area (Å²) in [7, 11) is 1.59. The van der Waals surface area contributed by atoms with Gasteiger partial charge in [-0.05, 0) is 42.0 Å². The molecule has 0 N–H and O–H groups in total. The fourth-order valence-electron chi connectivity index (χ4n) is 3.10. The zero-order valence-corrected chi connectivity index (χ0v) is 15.9. The summed E-state index contributed by atoms with van der Waals surface area (Å²) in [5, 5.41) is 0. The van der Waals surface area contributed by atoms with Crippen LogP contribution in [0.1, 0.15) is 33.2 Å². The Morgan fingerprint density at radius 3 is 2.46 bits per heavy atom. The minimum absolute atomic E-state index is 0.0585. The number of thioether (sulfide) groups is 1. The van der Waals surface area contributed by atoms with Crippen molar-refractivity contribution in [2.45, 2.75) is 6.92 Å². The normalized spacial score (nSPS) is 17.5. The highest BCUT2D eigenvalue weighted by Crippen LogP contribution is 2.21. The van der Waals surface area contributed by atoms with Crippen LogP contribution in [0, 0.1) is 5.92 Å². The molecule has 1 unspecified atom stereocenters. The second-order valence-corrected chi connectivity index (χ2v) is 7.68. The van der Waals surface area contributed by atoms with E-state index in [1.807, 2.05) is 22.7 Å². The van der Waals surface area contributed by atoms with E-state index in [-0.39, 0.29) is 11.7 Å². The Hall–Kier alpha value is -2.27. The molecule has 26 heavy (non-hydrogen) atoms. The van der Waals surface area contributed by atoms with E-state index in [1.54, 1.807) is 49.6 Å². The highest BCUT2D eigenvalue weighted by Gasteiger charge is 2.25. The molecule has 1 fully saturated rings. The molecular weight excluding hydrogens is 346 g/mol. The zero-order chi connectivity index (χ0) is 18.5. The summed E-state index contributed by atoms with van der Waals surface area (Å²) < 4.78 is 5.14. The summed E-state index contributed by atoms with van der Waals surface area (Å²) in [4.78, 5) is 27.9. The molecule has 4 nitrogen and oxygen atoms in total. The van der Waals surface area contributed by atoms with Gasteiger partial charge in [-0.1, -0.05) is 25.1 Å². The number of hydrogen-bond acceptors (Lipinski definition) is 4. The molecule has 0 bridgehead atoms. The van der Waals surface area contributed by atoms with Gasteiger partial charge in [-0.25, -0.2) is 0 Å². The second kappa shape index (κ2) is 8.41. The van der Waals surface area contributed by atoms with Gasteiger partial charge < -0.3 is 9.64 Å². The molecule has 1 heterocycles. The standard InChI is InChI=1S/C21H23NO3S/c1-15-13-22(11-12-26-14-15)21(24)19-6-4-3-5-18(19)20(23)16-7-9-17(25-2)10-8-16/h3-10,15H,11-14H2,1-2H3. The number of benzene rings is 2. The van der Waals surface area contributed by atoms with Gasteiger partial charge in [0.05, 0.1) is 12.7 Å². The van der Waals surface area contributed by atoms with Crippen LogP contribution >= 0.6 is 11.8 Å². The largest absolute Gasteiger partial charge is 0.497 e. The van der Waals surface area contributed by atoms with Crippen LogP contribution in [0.25, 0.3) is 0 Å². The molecule has 0 saturated carbocycles. The van der Waals surface area contributed by atoms with Crippen molar-refractivity contribution in [1.29, 1.82) is 0 Å². The molecular formula is C21H23NO3S. The molecule has 0 spiro atoms. The number of carbonyl (C=O) groups is 2. The van der Waals surface area contributed by atoms with Gasteiger partial charge in [0.2, 0.25) is 0 Å². The Bertz CT molecular complexity index is 788. The van der Waals surface area contributed by atoms with Crippen molar-refractivity contribution in [2.24, 2.45) is 5.92 Å². The molecule has 1 aliphatic rings. The van der Waals surface area contributed by atoms with Gasteiger partial charge in [0.1, 0.15) is 5.75 Å². The number of carbonyl (C=O) groups excluding carboxylic acids is 2. The third-order valence-electron chi connectivity index (χ3n) is 4.48. The smallest absolute Gasteiger partial charge is 0.254 e. The average molecular weight is 369 g/mol. The third-order valence-corrected chi connectivity index (χ3v) is 5.76. The lowest BCUT2D eigenvalue weighted by Crippen LogP contribution is -2.36. The van der Waals surface area contributed by atoms with Crippen molar-refractivity contribution < 1.29 is 14.3 Å². The average Bonchev–Trinajstić information content (AvgIpc) is 2.91. The number of nitrogens with zero attached hydrogens (tertiary/aromatic N) is 1. The Labute approximate surface area is 158 Å². The molecule has 1 aliphatic heterocycles. The van der Waals surface area contributed by atoms with Crippen LogP contribution in [0.3, 0.4) is 0 Å². The zero-order valence-electron chi connectivity index (χ0n) is 15.1. The van der Waals surface area contributed by atoms with Gasteiger partial charge in [-0.2, -0.15) is 11.8 Å². The third kappa shape index (κ3) is 4.10. The molecule has 1 saturated heterocycles. The minimum Gasteiger partial charge on any atom is -0.497 e. The van der Waals surface area contributed by atoms with E-state index in [4.69, 9.17) is 4.74 Å². The van der Waals surface area contributed by atoms with Crippen LogP contribution in [0.2, 0.25) is 0 Å². The SMILES string of the molecule is COc1ccc(C(=O)c2ccccc2C(=O)N2CCSCC(C)C2)cc1. The highest BCUT2D eigenvalue weighted by atomic mass is 32.2. The first kappa shape index (κ1) is 18.5. The quantitative estimate of drug-likeness (QED) is 0.770. The van der Waals surface area contributed by atoms with Gasteiger partial charge in [-0.3, -0.25) is 9.59 Å². The Morgan fingerprint density at radius 1 is 1.08 bits per heavy atom. The maximum absolute atomic E-state index is 13.1. The second-order valence-electron chi connectivity index (χ2n) is 6.53. The van der Waals surface area contributed by atoms with E-state index in [9.17, 15) is 9.59 Å². The van der Waals surface area contributed by atoms with E-state index in [1.165, 1.54) is 0 Å². The molecule has 0 radical (unpaired) electrons. The molecule has 1 amide bonds. The van der Waals surface area contributed by atoms with Gasteiger partial charge in [0.15, 0.2) is 5.78 Å². The number of rotatable bonds is 4. The van der Waals surface area contributed by atoms with E-state index >= 15 is 0 Å². The predicted octanol–water partition coefficient (Wildman–Crippen LogP) is 3.75. The number of ether oxygens (including phenoxy) is 1. The summed E-state index contributed by atoms with van der Waals surface area (Å²) in [6.07, 6.45) is 0. The van der Waals surface area contributed by atoms with Crippen molar-refractivity contribution >= 4 is 23.5 Å². The molecule has 2 aromatic rings. The minimum atomic E-state index is -0.145. The van der Waals surface area contributed by atoms with Crippen molar-refractivity contribution in [3.8, 4) is 5.75 Å². The van der Waals surface area contributed by atoms with E-state index in [0.717, 1.165) is 24.6 Å². The van der Waals surface area contributed by atoms with Crippen LogP contribution in [0.4, 0.5) is 0 Å². The first-order valence-electron chi connectivity index (χ1n) is 8.75. The summed E-state index contributed by atoms with van der Waals surface area (Å²) in [6, 6.07) is 14.1. The molecule has 3 rings (SSSR count). The molecule has 2 aromatic carbocycles. The van der Waals surface area contributed by atoms with Crippen molar-refractivity contribution in [2.75, 3.05) is 31.7 Å². The van der Waals surface area contributed by atoms with Crippen LogP contribution in [-0.4, -0.2) is 48.3 Å². The summed E-state index contributed by atoms with van der Waals surface area (Å²) in [5.74, 6) is 2.95. The number of amides is 1. The number of hydrogen-bond donors (Lipinski definition) is 0. The summed E-state index contributed by atoms with van der Waals surface area (Å²) >= 11 is 1.88. The van der Waals surface area contributed by atoms with Crippen molar-refractivity contribution in [3.63, 3.8) is 0 Å². The van der Waals surface area contributed by atoms with Crippen LogP contribution in [0.15, 0.2) is 48.5 Å². The number of methoxy groups -OCH3 is 1. The van der Waals surface area contributed by atoms with E-state index in [2.05, 4.69) is 6.92 Å². The maximum Gasteiger partial charge on any atom is 0.254 e. The van der Waals surface area contributed by atoms with Crippen molar-refractivity contribution in [1.82, 2.24) is 4.90 Å². The molecule has 1 atom stereocenters. The molecule has 0 aliphatic carbocycles. The Kier molecular flexibility index (Phi) is 5.99. The van der Waals surface area contributed by atoms with E-state index in [0.29, 0.717) is 28.4 Å². The predicted molar refractivity (Wildman–Crippen MR) is 105 cm³/mol. The summed E-state index contributed by atoms with van der Waals surface area (Å²) in [5.41, 5.74) is 1.48. The van der Waals surface area contributed by atoms with Gasteiger partial charge in [0, 0.05) is 30.0 Å². The first-order chi connectivity index (χ1) is 12.6. The topological polar surface area (TPSA) is 46.6 Å². The van der Waals surface area contributed by atoms with Gasteiger partial charge in [-0.15, -0.1) is 0 Å². The van der Waals surface area contributed by atoms with Gasteiger partial charge in [0.25, 0.3) is 5.91 Å². The lowest BCUT2D eigenvalue weighted by Gasteiger charge is -2.23. The highest BCUT2D eigenvalue weighted by molar-refractivity contribution is 7.99. The molecule has 5 heteroatoms. The van der Waals surface area contributed by atoms with Gasteiger partial charge >= 0.3 is 0 Å². The lowest BCUT2D eigenvalue weighted by molar-refractivity contribution is 0.0747. The van der Waals surface area contributed by atoms with Crippen LogP contribution in [-0.2, 0) is 0 Å². The Morgan fingerprint density at radius 2 is 1.77 bits per heavy atom. The summed E-state index contributed by atoms with van der Waals surface area (Å²) in [6.45, 7) is 3.61. The fourth-order valence-corrected chi connectivity index (χ4v) is 4.12. The van der Waals surface area contributed by atoms with Crippen molar-refractivity contribution in [3.05, 3.63) is 65.2 Å². The van der Waals surface area contributed by atoms with Crippen LogP contribution < -0.4 is 4.74 Å². The first-order valence-corrected chi connectivity index (χ1v) is 9.90. The maximum atomic E-state index is 13.1. The fraction of sp³-hybridized carbons (Fsp3) is 0.333. The number of ketones is 1. The van der Waals surface area contributed by atoms with E-state index < -0.39 is 0 Å². The van der Waals surface area contributed by atoms with Crippen LogP contribution in [0.5, 0.6) is 5.75 Å². The molecule has 0 aromatic heterocycles. The Balaban J connectivity index is 1.89. The molecule has 136 valence electrons. The lowest BCUT2D eigenvalue weighted by atomic mass is 9.97.